The first-order valence-corrected chi connectivity index (χ1v) is 5.93. The summed E-state index contributed by atoms with van der Waals surface area (Å²) in [5.41, 5.74) is 0. The van der Waals surface area contributed by atoms with Crippen LogP contribution in [-0.4, -0.2) is 12.4 Å². The van der Waals surface area contributed by atoms with Gasteiger partial charge in [-0.05, 0) is 31.9 Å². The molecule has 16 heavy (non-hydrogen) atoms. The van der Waals surface area contributed by atoms with Gasteiger partial charge in [-0.15, -0.1) is 0 Å². The predicted molar refractivity (Wildman–Crippen MR) is 66.5 cm³/mol. The van der Waals surface area contributed by atoms with Crippen LogP contribution in [0.3, 0.4) is 0 Å². The van der Waals surface area contributed by atoms with Crippen molar-refractivity contribution in [3.8, 4) is 5.75 Å². The molecule has 0 saturated carbocycles. The van der Waals surface area contributed by atoms with E-state index in [0.717, 1.165) is 12.8 Å². The summed E-state index contributed by atoms with van der Waals surface area (Å²) in [5, 5.41) is 1.03. The van der Waals surface area contributed by atoms with Crippen molar-refractivity contribution in [1.82, 2.24) is 0 Å². The van der Waals surface area contributed by atoms with E-state index < -0.39 is 0 Å². The third kappa shape index (κ3) is 4.42. The molecule has 0 unspecified atom stereocenters. The molecule has 0 bridgehead atoms. The number of Topliss-reactive ketones (excluding diaryl/α,β-unsaturated/α-hetero) is 1. The molecule has 4 heteroatoms. The van der Waals surface area contributed by atoms with Crippen LogP contribution in [-0.2, 0) is 4.79 Å². The zero-order valence-corrected chi connectivity index (χ0v) is 10.6. The number of ketones is 1. The van der Waals surface area contributed by atoms with E-state index in [1.807, 2.05) is 0 Å². The third-order valence-electron chi connectivity index (χ3n) is 2.09. The first kappa shape index (κ1) is 13.3. The second-order valence-corrected chi connectivity index (χ2v) is 4.37. The molecule has 0 aliphatic carbocycles. The van der Waals surface area contributed by atoms with Crippen molar-refractivity contribution in [2.24, 2.45) is 0 Å². The van der Waals surface area contributed by atoms with Crippen molar-refractivity contribution >= 4 is 29.0 Å². The highest BCUT2D eigenvalue weighted by Crippen LogP contribution is 2.32. The molecule has 2 nitrogen and oxygen atoms in total. The molecule has 0 fully saturated rings. The van der Waals surface area contributed by atoms with Crippen molar-refractivity contribution in [2.45, 2.75) is 26.2 Å². The molecule has 0 N–H and O–H groups in total. The number of unbranched alkanes of at least 4 members (excludes halogenated alkanes) is 1. The Bertz CT molecular complexity index is 344. The monoisotopic (exact) mass is 260 g/mol. The van der Waals surface area contributed by atoms with Gasteiger partial charge in [0.1, 0.15) is 5.78 Å². The predicted octanol–water partition coefficient (Wildman–Crippen LogP) is 4.13. The van der Waals surface area contributed by atoms with Crippen LogP contribution in [0.5, 0.6) is 5.75 Å². The van der Waals surface area contributed by atoms with Gasteiger partial charge in [-0.3, -0.25) is 0 Å². The number of benzene rings is 1. The number of carbonyl (C=O) groups excluding carboxylic acids is 1. The molecular formula is C12H14Cl2O2. The van der Waals surface area contributed by atoms with E-state index in [9.17, 15) is 4.79 Å². The smallest absolute Gasteiger partial charge is 0.156 e. The van der Waals surface area contributed by atoms with E-state index in [0.29, 0.717) is 28.8 Å². The van der Waals surface area contributed by atoms with Gasteiger partial charge < -0.3 is 9.53 Å². The minimum Gasteiger partial charge on any atom is -0.490 e. The van der Waals surface area contributed by atoms with Crippen molar-refractivity contribution in [1.29, 1.82) is 0 Å². The second kappa shape index (κ2) is 6.77. The average molecular weight is 261 g/mol. The summed E-state index contributed by atoms with van der Waals surface area (Å²) in [4.78, 5) is 10.7. The van der Waals surface area contributed by atoms with E-state index >= 15 is 0 Å². The van der Waals surface area contributed by atoms with Gasteiger partial charge in [0.05, 0.1) is 16.7 Å². The number of para-hydroxylation sites is 1. The van der Waals surface area contributed by atoms with Crippen LogP contribution in [0.1, 0.15) is 26.2 Å². The van der Waals surface area contributed by atoms with E-state index in [2.05, 4.69) is 0 Å². The lowest BCUT2D eigenvalue weighted by molar-refractivity contribution is -0.117. The van der Waals surface area contributed by atoms with Crippen LogP contribution < -0.4 is 4.74 Å². The minimum absolute atomic E-state index is 0.204. The van der Waals surface area contributed by atoms with Gasteiger partial charge in [0, 0.05) is 6.42 Å². The lowest BCUT2D eigenvalue weighted by Gasteiger charge is -2.09. The summed E-state index contributed by atoms with van der Waals surface area (Å²) in [6.45, 7) is 2.11. The maximum atomic E-state index is 10.7. The minimum atomic E-state index is 0.204. The van der Waals surface area contributed by atoms with E-state index in [1.165, 1.54) is 0 Å². The van der Waals surface area contributed by atoms with Gasteiger partial charge in [-0.2, -0.15) is 0 Å². The molecule has 0 amide bonds. The third-order valence-corrected chi connectivity index (χ3v) is 2.68. The van der Waals surface area contributed by atoms with Crippen LogP contribution in [0.15, 0.2) is 18.2 Å². The van der Waals surface area contributed by atoms with Gasteiger partial charge >= 0.3 is 0 Å². The van der Waals surface area contributed by atoms with Crippen LogP contribution in [0.2, 0.25) is 10.0 Å². The van der Waals surface area contributed by atoms with Gasteiger partial charge in [0.2, 0.25) is 0 Å². The Morgan fingerprint density at radius 2 is 1.88 bits per heavy atom. The van der Waals surface area contributed by atoms with Crippen molar-refractivity contribution in [3.05, 3.63) is 28.2 Å². The summed E-state index contributed by atoms with van der Waals surface area (Å²) in [6, 6.07) is 5.24. The number of rotatable bonds is 6. The second-order valence-electron chi connectivity index (χ2n) is 3.56. The Balaban J connectivity index is 2.34. The fourth-order valence-electron chi connectivity index (χ4n) is 1.27. The molecule has 0 saturated heterocycles. The van der Waals surface area contributed by atoms with Crippen LogP contribution in [0.25, 0.3) is 0 Å². The normalized spacial score (nSPS) is 10.2. The van der Waals surface area contributed by atoms with Gasteiger partial charge in [0.15, 0.2) is 5.75 Å². The Morgan fingerprint density at radius 1 is 1.25 bits per heavy atom. The summed E-state index contributed by atoms with van der Waals surface area (Å²) in [5.74, 6) is 0.726. The molecular weight excluding hydrogens is 247 g/mol. The number of hydrogen-bond acceptors (Lipinski definition) is 2. The van der Waals surface area contributed by atoms with Gasteiger partial charge in [-0.1, -0.05) is 29.3 Å². The number of halogens is 2. The number of ether oxygens (including phenoxy) is 1. The van der Waals surface area contributed by atoms with E-state index in [-0.39, 0.29) is 5.78 Å². The summed E-state index contributed by atoms with van der Waals surface area (Å²) in [6.07, 6.45) is 2.25. The molecule has 0 aromatic heterocycles. The lowest BCUT2D eigenvalue weighted by Crippen LogP contribution is -2.00. The maximum Gasteiger partial charge on any atom is 0.156 e. The fraction of sp³-hybridized carbons (Fsp3) is 0.417. The van der Waals surface area contributed by atoms with Crippen molar-refractivity contribution in [3.63, 3.8) is 0 Å². The lowest BCUT2D eigenvalue weighted by atomic mass is 10.2. The Kier molecular flexibility index (Phi) is 5.64. The van der Waals surface area contributed by atoms with E-state index in [4.69, 9.17) is 27.9 Å². The molecule has 0 aliphatic heterocycles. The van der Waals surface area contributed by atoms with Gasteiger partial charge in [0.25, 0.3) is 0 Å². The Hall–Kier alpha value is -0.730. The van der Waals surface area contributed by atoms with E-state index in [1.54, 1.807) is 25.1 Å². The summed E-state index contributed by atoms with van der Waals surface area (Å²) < 4.78 is 5.47. The van der Waals surface area contributed by atoms with Crippen LogP contribution in [0, 0.1) is 0 Å². The largest absolute Gasteiger partial charge is 0.490 e. The molecule has 1 rings (SSSR count). The first-order valence-electron chi connectivity index (χ1n) is 5.17. The summed E-state index contributed by atoms with van der Waals surface area (Å²) in [7, 11) is 0. The Labute approximate surface area is 106 Å². The van der Waals surface area contributed by atoms with Gasteiger partial charge in [-0.25, -0.2) is 0 Å². The van der Waals surface area contributed by atoms with Crippen molar-refractivity contribution in [2.75, 3.05) is 6.61 Å². The highest BCUT2D eigenvalue weighted by molar-refractivity contribution is 6.37. The fourth-order valence-corrected chi connectivity index (χ4v) is 1.78. The average Bonchev–Trinajstić information content (AvgIpc) is 2.21. The zero-order chi connectivity index (χ0) is 12.0. The van der Waals surface area contributed by atoms with Crippen LogP contribution in [0.4, 0.5) is 0 Å². The molecule has 0 spiro atoms. The highest BCUT2D eigenvalue weighted by Gasteiger charge is 2.05. The number of carbonyl (C=O) groups is 1. The standard InChI is InChI=1S/C12H14Cl2O2/c1-9(15)5-2-3-8-16-12-10(13)6-4-7-11(12)14/h4,6-7H,2-3,5,8H2,1H3. The highest BCUT2D eigenvalue weighted by atomic mass is 35.5. The molecule has 0 aliphatic rings. The summed E-state index contributed by atoms with van der Waals surface area (Å²) >= 11 is 11.9. The maximum absolute atomic E-state index is 10.7. The van der Waals surface area contributed by atoms with Crippen molar-refractivity contribution < 1.29 is 9.53 Å². The molecule has 0 atom stereocenters. The topological polar surface area (TPSA) is 26.3 Å². The number of hydrogen-bond donors (Lipinski definition) is 0. The SMILES string of the molecule is CC(=O)CCCCOc1c(Cl)cccc1Cl. The zero-order valence-electron chi connectivity index (χ0n) is 9.13. The first-order chi connectivity index (χ1) is 7.61. The molecule has 0 radical (unpaired) electrons. The Morgan fingerprint density at radius 3 is 2.44 bits per heavy atom. The molecule has 0 heterocycles. The quantitative estimate of drug-likeness (QED) is 0.719. The molecule has 1 aromatic carbocycles. The molecule has 88 valence electrons. The van der Waals surface area contributed by atoms with Crippen LogP contribution >= 0.6 is 23.2 Å². The molecule has 1 aromatic rings.